The highest BCUT2D eigenvalue weighted by Crippen LogP contribution is 2.36. The molecule has 0 radical (unpaired) electrons. The molecule has 2 aliphatic rings. The molecule has 2 aromatic heterocycles. The number of amides is 2. The second-order valence-corrected chi connectivity index (χ2v) is 24.1. The van der Waals surface area contributed by atoms with Crippen molar-refractivity contribution >= 4 is 35.3 Å². The molecule has 1 atom stereocenters. The topological polar surface area (TPSA) is 117 Å². The number of rotatable bonds is 26. The summed E-state index contributed by atoms with van der Waals surface area (Å²) in [7, 11) is 0. The van der Waals surface area contributed by atoms with Gasteiger partial charge in [-0.05, 0) is 163 Å². The first kappa shape index (κ1) is 49.6. The lowest BCUT2D eigenvalue weighted by atomic mass is 9.98. The maximum Gasteiger partial charge on any atom is 0.416 e. The molecule has 10 rings (SSSR count). The summed E-state index contributed by atoms with van der Waals surface area (Å²) >= 11 is 1.51. The minimum absolute atomic E-state index is 0.0143. The molecule has 0 saturated carbocycles. The molecule has 0 fully saturated rings. The van der Waals surface area contributed by atoms with Crippen LogP contribution in [0, 0.1) is 24.5 Å². The summed E-state index contributed by atoms with van der Waals surface area (Å²) in [6, 6.07) is -0.831. The summed E-state index contributed by atoms with van der Waals surface area (Å²) in [5.74, 6) is -7.13. The fourth-order valence-corrected chi connectivity index (χ4v) is 12.3. The number of hydrogen-bond donors (Lipinski definition) is 0. The Kier molecular flexibility index (Phi) is 17.0. The zero-order valence-electron chi connectivity index (χ0n) is 73.2. The molecule has 2 amide bonds. The van der Waals surface area contributed by atoms with Crippen molar-refractivity contribution in [3.63, 3.8) is 0 Å². The number of thioether (sulfide) groups is 2. The standard InChI is InChI=1S/2C37H40F4N4O2S/c1-4-43(5-2)18-19-44(22-26-6-10-28(11-7-26)29-12-14-30(15-13-29)37(39,40)41)34(46)23-45-33-21-25(3)20-32(33)35(47)42-36(45)48-24-27-8-16-31(38)17-9-27;1-4-43(5-2)19-20-44(22-26-9-13-28(14-10-26)29-15-18-32(25(3)21-29)37(39,40)41)34(46)23-45-33-8-6-7-31(33)35(47)42-36(45)48-24-27-11-16-30(38)17-12-27/h6-17,25H,4-5,18-24H2,1-3H3;9-18,21H,4-8,19-20,22-24H2,1-3H3/i8D,9D,16D,17D,20D2,21D2,25D;9D,10D,11D,12D,13D,14D,15D,16D,17D,18D,21D. The fraction of sp³-hybridized carbons (Fsp3) is 0.378. The quantitative estimate of drug-likeness (QED) is 0.0295. The van der Waals surface area contributed by atoms with Gasteiger partial charge in [0.1, 0.15) is 24.7 Å². The lowest BCUT2D eigenvalue weighted by molar-refractivity contribution is -0.138. The first-order valence-electron chi connectivity index (χ1n) is 40.6. The minimum atomic E-state index is -5.08. The van der Waals surface area contributed by atoms with Crippen molar-refractivity contribution in [1.29, 1.82) is 0 Å². The number of fused-ring (bicyclic) bond motifs is 2. The fourth-order valence-electron chi connectivity index (χ4n) is 10.5. The van der Waals surface area contributed by atoms with E-state index >= 15 is 0 Å². The molecular weight excluding hydrogens is 1280 g/mol. The Labute approximate surface area is 591 Å². The highest BCUT2D eigenvalue weighted by Gasteiger charge is 2.34. The first-order valence-corrected chi connectivity index (χ1v) is 32.6. The van der Waals surface area contributed by atoms with Crippen molar-refractivity contribution in [1.82, 2.24) is 38.7 Å². The molecule has 96 heavy (non-hydrogen) atoms. The molecular formula is C74H80F8N8O4S2. The number of hydrogen-bond acceptors (Lipinski definition) is 10. The maximum atomic E-state index is 14.5. The minimum Gasteiger partial charge on any atom is -0.336 e. The second-order valence-electron chi connectivity index (χ2n) is 22.2. The van der Waals surface area contributed by atoms with Crippen molar-refractivity contribution in [3.05, 3.63) is 233 Å². The van der Waals surface area contributed by atoms with E-state index in [-0.39, 0.29) is 52.4 Å². The van der Waals surface area contributed by atoms with Crippen LogP contribution in [0.25, 0.3) is 22.3 Å². The van der Waals surface area contributed by atoms with E-state index in [1.165, 1.54) is 26.5 Å². The number of alkyl halides is 6. The average molecular weight is 1380 g/mol. The van der Waals surface area contributed by atoms with Crippen molar-refractivity contribution in [2.24, 2.45) is 5.89 Å². The number of benzene rings is 6. The molecule has 2 aliphatic carbocycles. The van der Waals surface area contributed by atoms with Gasteiger partial charge in [0.25, 0.3) is 11.1 Å². The molecule has 508 valence electrons. The number of halogens is 8. The lowest BCUT2D eigenvalue weighted by Gasteiger charge is -2.28. The predicted octanol–water partition coefficient (Wildman–Crippen LogP) is 15.0. The largest absolute Gasteiger partial charge is 0.416 e. The molecule has 6 aromatic carbocycles. The molecule has 0 bridgehead atoms. The maximum absolute atomic E-state index is 14.5. The van der Waals surface area contributed by atoms with Gasteiger partial charge < -0.3 is 28.7 Å². The van der Waals surface area contributed by atoms with Crippen LogP contribution in [-0.4, -0.2) is 103 Å². The van der Waals surface area contributed by atoms with Crippen LogP contribution >= 0.6 is 23.5 Å². The van der Waals surface area contributed by atoms with Gasteiger partial charge in [-0.2, -0.15) is 36.3 Å². The van der Waals surface area contributed by atoms with Gasteiger partial charge in [-0.15, -0.1) is 0 Å². The Morgan fingerprint density at radius 1 is 0.562 bits per heavy atom. The first-order chi connectivity index (χ1) is 54.1. The zero-order chi connectivity index (χ0) is 86.4. The summed E-state index contributed by atoms with van der Waals surface area (Å²) in [4.78, 5) is 70.6. The third-order valence-corrected chi connectivity index (χ3v) is 17.8. The highest BCUT2D eigenvalue weighted by atomic mass is 32.2. The van der Waals surface area contributed by atoms with Crippen LogP contribution in [0.2, 0.25) is 0 Å². The van der Waals surface area contributed by atoms with Crippen LogP contribution in [0.4, 0.5) is 35.1 Å². The normalized spacial score (nSPS) is 18.4. The van der Waals surface area contributed by atoms with Crippen molar-refractivity contribution in [2.45, 2.75) is 134 Å². The number of likely N-dealkylation sites (N-methyl/N-ethyl adjacent to an activating group) is 2. The van der Waals surface area contributed by atoms with Crippen LogP contribution in [0.5, 0.6) is 0 Å². The van der Waals surface area contributed by atoms with Crippen LogP contribution in [0.3, 0.4) is 0 Å². The molecule has 0 aliphatic heterocycles. The SMILES string of the molecule is [2H]c1c([2H])c(CSc2nc(=O)c3c(n2CC(=O)N(CCN(CC)CC)Cc2c([2H])c([2H])c(-c4c([2H])c([2H])c(C(F)(F)F)c(C)c4[2H])c([2H])c2[2H])CCC3)c([2H])c([2H])c1F.[2H]c1c([2H])c(CSc2nc(=O)c3c(n2CC(=O)N(CCN(CC)CC)Cc2ccc(-c4ccc(C(F)(F)F)cc4)cc2)C([2H])([2H])C([2H])(C)C3([2H])[2H])c([2H])c([2H])c1F. The Bertz CT molecular complexity index is 5160. The van der Waals surface area contributed by atoms with E-state index in [4.69, 9.17) is 27.4 Å². The number of aromatic nitrogens is 4. The Morgan fingerprint density at radius 3 is 1.51 bits per heavy atom. The third kappa shape index (κ3) is 19.0. The van der Waals surface area contributed by atoms with Crippen LogP contribution in [-0.2, 0) is 85.2 Å². The molecule has 22 heteroatoms. The molecule has 1 unspecified atom stereocenters. The summed E-state index contributed by atoms with van der Waals surface area (Å²) < 4.78 is 281. The molecule has 12 nitrogen and oxygen atoms in total. The van der Waals surface area contributed by atoms with Gasteiger partial charge >= 0.3 is 12.4 Å². The van der Waals surface area contributed by atoms with E-state index in [2.05, 4.69) is 14.9 Å². The molecule has 0 spiro atoms. The van der Waals surface area contributed by atoms with Crippen molar-refractivity contribution in [3.8, 4) is 22.3 Å². The summed E-state index contributed by atoms with van der Waals surface area (Å²) in [5, 5.41) is -0.310. The average Bonchev–Trinajstić information content (AvgIpc) is 1.52. The van der Waals surface area contributed by atoms with E-state index < -0.39 is 221 Å². The number of nitrogens with zero attached hydrogens (tertiary/aromatic N) is 8. The van der Waals surface area contributed by atoms with E-state index in [0.29, 0.717) is 98.2 Å². The van der Waals surface area contributed by atoms with Crippen molar-refractivity contribution < 1.29 is 72.1 Å². The van der Waals surface area contributed by atoms with Crippen molar-refractivity contribution in [2.75, 3.05) is 52.4 Å². The van der Waals surface area contributed by atoms with Crippen LogP contribution in [0.15, 0.2) is 159 Å². The zero-order valence-corrected chi connectivity index (χ0v) is 54.8. The number of carbonyl (C=O) groups is 2. The van der Waals surface area contributed by atoms with E-state index in [1.54, 1.807) is 24.3 Å². The molecule has 8 aromatic rings. The van der Waals surface area contributed by atoms with E-state index in [9.17, 15) is 54.3 Å². The monoisotopic (exact) mass is 1380 g/mol. The Balaban J connectivity index is 0.000000265. The second kappa shape index (κ2) is 32.9. The van der Waals surface area contributed by atoms with Gasteiger partial charge in [0, 0.05) is 80.1 Å². The van der Waals surface area contributed by atoms with Crippen LogP contribution in [0.1, 0.15) is 130 Å². The summed E-state index contributed by atoms with van der Waals surface area (Å²) in [6.07, 6.45) is -13.9. The lowest BCUT2D eigenvalue weighted by Crippen LogP contribution is -2.40. The Morgan fingerprint density at radius 2 is 1.02 bits per heavy atom. The molecule has 0 saturated heterocycles. The van der Waals surface area contributed by atoms with Gasteiger partial charge in [0.05, 0.1) is 31.7 Å². The van der Waals surface area contributed by atoms with E-state index in [1.807, 2.05) is 32.6 Å². The Hall–Kier alpha value is -7.92. The molecule has 2 heterocycles. The van der Waals surface area contributed by atoms with Gasteiger partial charge in [-0.3, -0.25) is 19.2 Å². The number of carbonyl (C=O) groups excluding carboxylic acids is 2. The summed E-state index contributed by atoms with van der Waals surface area (Å²) in [6.45, 7) is 11.5. The predicted molar refractivity (Wildman–Crippen MR) is 362 cm³/mol. The van der Waals surface area contributed by atoms with Gasteiger partial charge in [0.2, 0.25) is 11.8 Å². The van der Waals surface area contributed by atoms with Gasteiger partial charge in [-0.25, -0.2) is 8.78 Å². The van der Waals surface area contributed by atoms with Gasteiger partial charge in [-0.1, -0.05) is 155 Å². The third-order valence-electron chi connectivity index (χ3n) is 15.8. The molecule has 0 N–H and O–H groups in total. The van der Waals surface area contributed by atoms with Gasteiger partial charge in [0.15, 0.2) is 10.3 Å². The van der Waals surface area contributed by atoms with Crippen LogP contribution < -0.4 is 11.1 Å². The highest BCUT2D eigenvalue weighted by molar-refractivity contribution is 7.98. The summed E-state index contributed by atoms with van der Waals surface area (Å²) in [5.41, 5.74) is -5.33. The smallest absolute Gasteiger partial charge is 0.336 e. The van der Waals surface area contributed by atoms with E-state index in [0.717, 1.165) is 42.3 Å².